The quantitative estimate of drug-likeness (QED) is 0.232. The number of unbranched alkanes of at least 4 members (excludes halogenated alkanes) is 3. The maximum Gasteiger partial charge on any atom is 0.214 e. The van der Waals surface area contributed by atoms with Gasteiger partial charge in [0.1, 0.15) is 11.5 Å². The third-order valence-corrected chi connectivity index (χ3v) is 7.13. The van der Waals surface area contributed by atoms with Crippen molar-refractivity contribution in [1.29, 1.82) is 0 Å². The molecule has 200 valence electrons. The van der Waals surface area contributed by atoms with Crippen LogP contribution in [0.3, 0.4) is 0 Å². The van der Waals surface area contributed by atoms with Crippen LogP contribution in [-0.4, -0.2) is 31.0 Å². The number of fused-ring (bicyclic) bond motifs is 3. The molecule has 5 rings (SSSR count). The van der Waals surface area contributed by atoms with E-state index in [-0.39, 0.29) is 12.3 Å². The first-order valence-corrected chi connectivity index (χ1v) is 13.9. The number of benzene rings is 3. The third kappa shape index (κ3) is 5.59. The molecule has 2 heterocycles. The van der Waals surface area contributed by atoms with E-state index in [1.807, 2.05) is 36.4 Å². The van der Waals surface area contributed by atoms with Crippen LogP contribution >= 0.6 is 0 Å². The van der Waals surface area contributed by atoms with Crippen molar-refractivity contribution in [3.8, 4) is 23.0 Å². The molecule has 3 aromatic carbocycles. The summed E-state index contributed by atoms with van der Waals surface area (Å²) >= 11 is 0. The molecule has 2 atom stereocenters. The van der Waals surface area contributed by atoms with Crippen molar-refractivity contribution in [3.05, 3.63) is 83.4 Å². The molecular weight excluding hydrogens is 476 g/mol. The summed E-state index contributed by atoms with van der Waals surface area (Å²) in [6, 6.07) is 22.7. The Morgan fingerprint density at radius 3 is 2.45 bits per heavy atom. The first-order chi connectivity index (χ1) is 18.7. The van der Waals surface area contributed by atoms with E-state index < -0.39 is 0 Å². The van der Waals surface area contributed by atoms with Gasteiger partial charge < -0.3 is 18.9 Å². The molecule has 0 saturated heterocycles. The number of hydrazone groups is 1. The lowest BCUT2D eigenvalue weighted by atomic mass is 9.96. The number of rotatable bonds is 12. The van der Waals surface area contributed by atoms with E-state index in [1.165, 1.54) is 0 Å². The van der Waals surface area contributed by atoms with E-state index in [0.29, 0.717) is 12.4 Å². The Balaban J connectivity index is 1.41. The van der Waals surface area contributed by atoms with Crippen LogP contribution in [0.1, 0.15) is 81.3 Å². The number of para-hydroxylation sites is 1. The molecule has 0 bridgehead atoms. The number of methoxy groups -OCH3 is 1. The largest absolute Gasteiger partial charge is 0.494 e. The van der Waals surface area contributed by atoms with Crippen molar-refractivity contribution in [3.63, 3.8) is 0 Å². The van der Waals surface area contributed by atoms with Crippen LogP contribution in [0.4, 0.5) is 0 Å². The van der Waals surface area contributed by atoms with Gasteiger partial charge in [0.15, 0.2) is 11.5 Å². The van der Waals surface area contributed by atoms with Gasteiger partial charge in [-0.2, -0.15) is 5.10 Å². The van der Waals surface area contributed by atoms with Crippen molar-refractivity contribution in [2.24, 2.45) is 5.10 Å². The number of hydrogen-bond acceptors (Lipinski definition) is 6. The normalized spacial score (nSPS) is 17.8. The lowest BCUT2D eigenvalue weighted by Crippen LogP contribution is -2.33. The highest BCUT2D eigenvalue weighted by molar-refractivity contribution is 6.02. The summed E-state index contributed by atoms with van der Waals surface area (Å²) in [5, 5.41) is 7.20. The predicted octanol–water partition coefficient (Wildman–Crippen LogP) is 7.69. The Morgan fingerprint density at radius 1 is 0.868 bits per heavy atom. The van der Waals surface area contributed by atoms with Crippen molar-refractivity contribution < 1.29 is 18.9 Å². The Morgan fingerprint density at radius 2 is 1.66 bits per heavy atom. The zero-order valence-electron chi connectivity index (χ0n) is 22.7. The highest BCUT2D eigenvalue weighted by atomic mass is 16.5. The second kappa shape index (κ2) is 12.2. The lowest BCUT2D eigenvalue weighted by Gasteiger charge is -2.38. The van der Waals surface area contributed by atoms with Crippen LogP contribution in [-0.2, 0) is 0 Å². The molecule has 6 nitrogen and oxygen atoms in total. The summed E-state index contributed by atoms with van der Waals surface area (Å²) in [5.74, 6) is 3.26. The topological polar surface area (TPSA) is 52.5 Å². The van der Waals surface area contributed by atoms with E-state index in [0.717, 1.165) is 84.8 Å². The predicted molar refractivity (Wildman–Crippen MR) is 150 cm³/mol. The zero-order chi connectivity index (χ0) is 26.3. The van der Waals surface area contributed by atoms with Gasteiger partial charge in [-0.3, -0.25) is 0 Å². The fraction of sp³-hybridized carbons (Fsp3) is 0.406. The van der Waals surface area contributed by atoms with Crippen LogP contribution in [0.5, 0.6) is 23.0 Å². The van der Waals surface area contributed by atoms with Gasteiger partial charge in [0.05, 0.1) is 32.1 Å². The molecule has 0 N–H and O–H groups in total. The molecule has 3 aromatic rings. The van der Waals surface area contributed by atoms with Crippen molar-refractivity contribution >= 4 is 5.71 Å². The van der Waals surface area contributed by atoms with Crippen LogP contribution in [0.25, 0.3) is 0 Å². The van der Waals surface area contributed by atoms with E-state index in [9.17, 15) is 0 Å². The first kappa shape index (κ1) is 26.0. The number of hydrogen-bond donors (Lipinski definition) is 0. The summed E-state index contributed by atoms with van der Waals surface area (Å²) in [7, 11) is 1.68. The van der Waals surface area contributed by atoms with Crippen molar-refractivity contribution in [2.45, 2.75) is 64.6 Å². The van der Waals surface area contributed by atoms with Gasteiger partial charge in [0, 0.05) is 17.5 Å². The fourth-order valence-electron chi connectivity index (χ4n) is 5.00. The monoisotopic (exact) mass is 514 g/mol. The molecule has 0 aliphatic carbocycles. The highest BCUT2D eigenvalue weighted by Gasteiger charge is 2.41. The number of nitrogens with zero attached hydrogens (tertiary/aromatic N) is 2. The van der Waals surface area contributed by atoms with Gasteiger partial charge >= 0.3 is 0 Å². The minimum Gasteiger partial charge on any atom is -0.494 e. The molecule has 2 aliphatic rings. The third-order valence-electron chi connectivity index (χ3n) is 7.13. The van der Waals surface area contributed by atoms with Gasteiger partial charge in [-0.15, -0.1) is 0 Å². The van der Waals surface area contributed by atoms with Gasteiger partial charge in [0.25, 0.3) is 0 Å². The molecule has 0 amide bonds. The molecule has 0 unspecified atom stereocenters. The van der Waals surface area contributed by atoms with Crippen molar-refractivity contribution in [1.82, 2.24) is 5.01 Å². The maximum absolute atomic E-state index is 6.55. The van der Waals surface area contributed by atoms with E-state index in [2.05, 4.69) is 49.2 Å². The Kier molecular flexibility index (Phi) is 8.37. The molecule has 38 heavy (non-hydrogen) atoms. The highest BCUT2D eigenvalue weighted by Crippen LogP contribution is 2.48. The van der Waals surface area contributed by atoms with Crippen LogP contribution in [0.2, 0.25) is 0 Å². The van der Waals surface area contributed by atoms with Gasteiger partial charge in [-0.05, 0) is 66.9 Å². The molecule has 0 radical (unpaired) electrons. The first-order valence-electron chi connectivity index (χ1n) is 13.9. The standard InChI is InChI=1S/C32H38N2O4/c1-4-6-10-20-37-30-18-15-24(21-31(30)35-3)32-34-28(26-11-8-9-12-29(26)38-32)22-27(33-34)23-13-16-25(17-14-23)36-19-7-5-2/h8-9,11-18,21,28,32H,4-7,10,19-20,22H2,1-3H3/t28-,32-/m0/s1. The Hall–Kier alpha value is -3.67. The maximum atomic E-state index is 6.55. The van der Waals surface area contributed by atoms with Crippen LogP contribution in [0.15, 0.2) is 71.8 Å². The zero-order valence-corrected chi connectivity index (χ0v) is 22.7. The van der Waals surface area contributed by atoms with Crippen LogP contribution in [0, 0.1) is 0 Å². The van der Waals surface area contributed by atoms with Crippen molar-refractivity contribution in [2.75, 3.05) is 20.3 Å². The van der Waals surface area contributed by atoms with Crippen LogP contribution < -0.4 is 18.9 Å². The lowest BCUT2D eigenvalue weighted by molar-refractivity contribution is -0.0191. The average molecular weight is 515 g/mol. The minimum atomic E-state index is -0.368. The summed E-state index contributed by atoms with van der Waals surface area (Å²) in [6.07, 6.45) is 5.97. The summed E-state index contributed by atoms with van der Waals surface area (Å²) in [6.45, 7) is 5.78. The molecule has 6 heteroatoms. The molecule has 0 spiro atoms. The summed E-state index contributed by atoms with van der Waals surface area (Å²) in [5.41, 5.74) is 4.28. The summed E-state index contributed by atoms with van der Waals surface area (Å²) < 4.78 is 24.1. The molecule has 0 aromatic heterocycles. The SMILES string of the molecule is CCCCCOc1ccc([C@@H]2Oc3ccccc3[C@@H]3CC(c4ccc(OCCCC)cc4)=NN32)cc1OC. The molecule has 0 saturated carbocycles. The Bertz CT molecular complexity index is 1240. The van der Waals surface area contributed by atoms with Gasteiger partial charge in [-0.25, -0.2) is 5.01 Å². The second-order valence-corrected chi connectivity index (χ2v) is 9.85. The Labute approximate surface area is 226 Å². The molecule has 0 fully saturated rings. The second-order valence-electron chi connectivity index (χ2n) is 9.85. The average Bonchev–Trinajstić information content (AvgIpc) is 3.41. The van der Waals surface area contributed by atoms with E-state index in [4.69, 9.17) is 24.0 Å². The number of ether oxygens (including phenoxy) is 4. The smallest absolute Gasteiger partial charge is 0.214 e. The van der Waals surface area contributed by atoms with Gasteiger partial charge in [0.2, 0.25) is 6.23 Å². The van der Waals surface area contributed by atoms with E-state index in [1.54, 1.807) is 7.11 Å². The van der Waals surface area contributed by atoms with Gasteiger partial charge in [-0.1, -0.05) is 51.3 Å². The fourth-order valence-corrected chi connectivity index (χ4v) is 5.00. The van der Waals surface area contributed by atoms with E-state index >= 15 is 0 Å². The molecule has 2 aliphatic heterocycles. The minimum absolute atomic E-state index is 0.0939. The summed E-state index contributed by atoms with van der Waals surface area (Å²) in [4.78, 5) is 0. The molecular formula is C32H38N2O4.